The van der Waals surface area contributed by atoms with Gasteiger partial charge in [-0.3, -0.25) is 4.90 Å². The fourth-order valence-corrected chi connectivity index (χ4v) is 3.40. The number of ether oxygens (including phenoxy) is 1. The first kappa shape index (κ1) is 14.4. The van der Waals surface area contributed by atoms with Crippen molar-refractivity contribution in [3.63, 3.8) is 0 Å². The maximum Gasteiger partial charge on any atom is 0.122 e. The summed E-state index contributed by atoms with van der Waals surface area (Å²) in [6.07, 6.45) is 1.17. The summed E-state index contributed by atoms with van der Waals surface area (Å²) in [5.74, 6) is 1.62. The average molecular weight is 262 g/mol. The third kappa shape index (κ3) is 2.49. The van der Waals surface area contributed by atoms with Gasteiger partial charge in [0.25, 0.3) is 0 Å². The largest absolute Gasteiger partial charge is 0.496 e. The van der Waals surface area contributed by atoms with Gasteiger partial charge in [-0.25, -0.2) is 0 Å². The van der Waals surface area contributed by atoms with Crippen LogP contribution in [-0.4, -0.2) is 32.1 Å². The Morgan fingerprint density at radius 3 is 2.53 bits per heavy atom. The Hall–Kier alpha value is -1.06. The highest BCUT2D eigenvalue weighted by molar-refractivity contribution is 5.49. The Kier molecular flexibility index (Phi) is 4.16. The second-order valence-corrected chi connectivity index (χ2v) is 5.85. The maximum absolute atomic E-state index is 5.84. The van der Waals surface area contributed by atoms with Crippen LogP contribution in [0, 0.1) is 26.7 Å². The highest BCUT2D eigenvalue weighted by Crippen LogP contribution is 2.39. The maximum atomic E-state index is 5.84. The number of aryl methyl sites for hydroxylation is 1. The van der Waals surface area contributed by atoms with Gasteiger partial charge in [-0.2, -0.15) is 0 Å². The molecule has 1 saturated heterocycles. The number of nitrogens with two attached hydrogens (primary N) is 1. The summed E-state index contributed by atoms with van der Waals surface area (Å²) < 4.78 is 5.46. The van der Waals surface area contributed by atoms with Crippen LogP contribution in [0.4, 0.5) is 0 Å². The highest BCUT2D eigenvalue weighted by atomic mass is 16.5. The van der Waals surface area contributed by atoms with Gasteiger partial charge in [-0.15, -0.1) is 0 Å². The van der Waals surface area contributed by atoms with E-state index in [9.17, 15) is 0 Å². The first-order chi connectivity index (χ1) is 8.99. The molecule has 1 aromatic carbocycles. The molecule has 1 aliphatic heterocycles. The molecule has 3 heteroatoms. The molecular weight excluding hydrogens is 236 g/mol. The van der Waals surface area contributed by atoms with Gasteiger partial charge in [-0.1, -0.05) is 0 Å². The normalized spacial score (nSPS) is 23.9. The van der Waals surface area contributed by atoms with Crippen molar-refractivity contribution < 1.29 is 4.74 Å². The van der Waals surface area contributed by atoms with Crippen molar-refractivity contribution in [1.29, 1.82) is 0 Å². The van der Waals surface area contributed by atoms with Crippen LogP contribution in [0.3, 0.4) is 0 Å². The SMILES string of the molecule is COc1cc(C)c(C2CC(CN)CN2C)c(C)c1C. The van der Waals surface area contributed by atoms with E-state index in [1.54, 1.807) is 7.11 Å². The van der Waals surface area contributed by atoms with Crippen molar-refractivity contribution in [1.82, 2.24) is 4.90 Å². The second kappa shape index (κ2) is 5.51. The minimum Gasteiger partial charge on any atom is -0.496 e. The Bertz CT molecular complexity index is 470. The molecule has 1 fully saturated rings. The summed E-state index contributed by atoms with van der Waals surface area (Å²) in [5, 5.41) is 0. The molecule has 0 radical (unpaired) electrons. The zero-order valence-corrected chi connectivity index (χ0v) is 12.8. The van der Waals surface area contributed by atoms with E-state index in [2.05, 4.69) is 38.8 Å². The second-order valence-electron chi connectivity index (χ2n) is 5.85. The van der Waals surface area contributed by atoms with Crippen LogP contribution >= 0.6 is 0 Å². The van der Waals surface area contributed by atoms with Crippen molar-refractivity contribution in [2.45, 2.75) is 33.2 Å². The molecule has 19 heavy (non-hydrogen) atoms. The van der Waals surface area contributed by atoms with Gasteiger partial charge in [-0.05, 0) is 75.0 Å². The fraction of sp³-hybridized carbons (Fsp3) is 0.625. The van der Waals surface area contributed by atoms with Gasteiger partial charge in [0.15, 0.2) is 0 Å². The van der Waals surface area contributed by atoms with Crippen molar-refractivity contribution in [3.8, 4) is 5.75 Å². The molecule has 1 heterocycles. The van der Waals surface area contributed by atoms with Gasteiger partial charge < -0.3 is 10.5 Å². The van der Waals surface area contributed by atoms with Crippen molar-refractivity contribution >= 4 is 0 Å². The van der Waals surface area contributed by atoms with Gasteiger partial charge in [0.05, 0.1) is 7.11 Å². The van der Waals surface area contributed by atoms with Crippen LogP contribution in [0.2, 0.25) is 0 Å². The van der Waals surface area contributed by atoms with E-state index in [-0.39, 0.29) is 0 Å². The molecule has 0 spiro atoms. The summed E-state index contributed by atoms with van der Waals surface area (Å²) in [6.45, 7) is 8.43. The van der Waals surface area contributed by atoms with E-state index < -0.39 is 0 Å². The number of rotatable bonds is 3. The Morgan fingerprint density at radius 2 is 2.00 bits per heavy atom. The predicted octanol–water partition coefficient (Wildman–Crippen LogP) is 2.57. The zero-order valence-electron chi connectivity index (χ0n) is 12.8. The molecule has 1 aromatic rings. The number of nitrogens with zero attached hydrogens (tertiary/aromatic N) is 1. The summed E-state index contributed by atoms with van der Waals surface area (Å²) in [7, 11) is 3.95. The Balaban J connectivity index is 2.43. The Labute approximate surface area is 116 Å². The zero-order chi connectivity index (χ0) is 14.2. The van der Waals surface area contributed by atoms with Crippen LogP contribution in [0.15, 0.2) is 6.07 Å². The number of methoxy groups -OCH3 is 1. The van der Waals surface area contributed by atoms with E-state index in [0.717, 1.165) is 18.8 Å². The molecule has 0 bridgehead atoms. The lowest BCUT2D eigenvalue weighted by atomic mass is 9.89. The van der Waals surface area contributed by atoms with E-state index in [4.69, 9.17) is 10.5 Å². The van der Waals surface area contributed by atoms with Crippen molar-refractivity contribution in [3.05, 3.63) is 28.3 Å². The molecule has 2 N–H and O–H groups in total. The van der Waals surface area contributed by atoms with Crippen LogP contribution in [0.1, 0.15) is 34.7 Å². The summed E-state index contributed by atoms with van der Waals surface area (Å²) >= 11 is 0. The molecule has 0 saturated carbocycles. The smallest absolute Gasteiger partial charge is 0.122 e. The molecule has 2 unspecified atom stereocenters. The third-order valence-electron chi connectivity index (χ3n) is 4.63. The molecule has 2 rings (SSSR count). The molecule has 1 aliphatic rings. The van der Waals surface area contributed by atoms with Crippen LogP contribution < -0.4 is 10.5 Å². The van der Waals surface area contributed by atoms with Gasteiger partial charge >= 0.3 is 0 Å². The van der Waals surface area contributed by atoms with Crippen LogP contribution in [-0.2, 0) is 0 Å². The van der Waals surface area contributed by atoms with Gasteiger partial charge in [0.2, 0.25) is 0 Å². The highest BCUT2D eigenvalue weighted by Gasteiger charge is 2.32. The Morgan fingerprint density at radius 1 is 1.32 bits per heavy atom. The topological polar surface area (TPSA) is 38.5 Å². The standard InChI is InChI=1S/C16H26N2O/c1-10-6-15(19-5)11(2)12(3)16(10)14-7-13(8-17)9-18(14)4/h6,13-14H,7-9,17H2,1-5H3. The first-order valence-electron chi connectivity index (χ1n) is 7.04. The molecule has 106 valence electrons. The lowest BCUT2D eigenvalue weighted by Gasteiger charge is -2.25. The van der Waals surface area contributed by atoms with E-state index in [0.29, 0.717) is 12.0 Å². The molecule has 0 aromatic heterocycles. The lowest BCUT2D eigenvalue weighted by Crippen LogP contribution is -2.21. The minimum atomic E-state index is 0.498. The number of benzene rings is 1. The number of hydrogen-bond acceptors (Lipinski definition) is 3. The summed E-state index contributed by atoms with van der Waals surface area (Å²) in [6, 6.07) is 2.67. The number of hydrogen-bond donors (Lipinski definition) is 1. The van der Waals surface area contributed by atoms with Gasteiger partial charge in [0.1, 0.15) is 5.75 Å². The molecule has 3 nitrogen and oxygen atoms in total. The summed E-state index contributed by atoms with van der Waals surface area (Å²) in [4.78, 5) is 2.44. The third-order valence-corrected chi connectivity index (χ3v) is 4.63. The quantitative estimate of drug-likeness (QED) is 0.910. The first-order valence-corrected chi connectivity index (χ1v) is 7.04. The monoisotopic (exact) mass is 262 g/mol. The molecule has 2 atom stereocenters. The average Bonchev–Trinajstić information content (AvgIpc) is 2.75. The molecule has 0 aliphatic carbocycles. The minimum absolute atomic E-state index is 0.498. The molecular formula is C16H26N2O. The van der Waals surface area contributed by atoms with Crippen LogP contribution in [0.25, 0.3) is 0 Å². The summed E-state index contributed by atoms with van der Waals surface area (Å²) in [5.41, 5.74) is 11.3. The molecule has 0 amide bonds. The predicted molar refractivity (Wildman–Crippen MR) is 79.7 cm³/mol. The van der Waals surface area contributed by atoms with Gasteiger partial charge in [0, 0.05) is 12.6 Å². The van der Waals surface area contributed by atoms with E-state index in [1.165, 1.54) is 28.7 Å². The fourth-order valence-electron chi connectivity index (χ4n) is 3.40. The van der Waals surface area contributed by atoms with E-state index >= 15 is 0 Å². The van der Waals surface area contributed by atoms with Crippen molar-refractivity contribution in [2.24, 2.45) is 11.7 Å². The van der Waals surface area contributed by atoms with Crippen molar-refractivity contribution in [2.75, 3.05) is 27.2 Å². The number of likely N-dealkylation sites (tertiary alicyclic amines) is 1. The van der Waals surface area contributed by atoms with Crippen LogP contribution in [0.5, 0.6) is 5.75 Å². The lowest BCUT2D eigenvalue weighted by molar-refractivity contribution is 0.311. The van der Waals surface area contributed by atoms with E-state index in [1.807, 2.05) is 0 Å².